The number of fused-ring (bicyclic) bond motifs is 1. The summed E-state index contributed by atoms with van der Waals surface area (Å²) >= 11 is 1.19. The van der Waals surface area contributed by atoms with E-state index < -0.39 is 5.92 Å². The average Bonchev–Trinajstić information content (AvgIpc) is 2.79. The van der Waals surface area contributed by atoms with Crippen molar-refractivity contribution in [3.8, 4) is 11.5 Å². The number of hydrogen-bond donors (Lipinski definition) is 1. The molecule has 18 heavy (non-hydrogen) atoms. The summed E-state index contributed by atoms with van der Waals surface area (Å²) in [5.41, 5.74) is 7.38. The number of nitrogens with two attached hydrogens (primary N) is 1. The second-order valence-corrected chi connectivity index (χ2v) is 5.56. The Kier molecular flexibility index (Phi) is 2.41. The summed E-state index contributed by atoms with van der Waals surface area (Å²) in [5, 5.41) is 4.18. The van der Waals surface area contributed by atoms with Crippen LogP contribution in [-0.4, -0.2) is 16.1 Å². The van der Waals surface area contributed by atoms with E-state index in [0.717, 1.165) is 5.56 Å². The van der Waals surface area contributed by atoms with Gasteiger partial charge in [-0.1, -0.05) is 5.16 Å². The zero-order valence-electron chi connectivity index (χ0n) is 9.67. The van der Waals surface area contributed by atoms with Crippen molar-refractivity contribution in [3.63, 3.8) is 0 Å². The largest absolute Gasteiger partial charge is 0.390 e. The summed E-state index contributed by atoms with van der Waals surface area (Å²) < 4.78 is 31.8. The minimum atomic E-state index is -2.63. The number of aryl methyl sites for hydroxylation is 1. The zero-order chi connectivity index (χ0) is 12.9. The van der Waals surface area contributed by atoms with Crippen LogP contribution in [0.15, 0.2) is 4.52 Å². The first-order valence-corrected chi connectivity index (χ1v) is 6.36. The molecule has 3 rings (SSSR count). The maximum absolute atomic E-state index is 13.3. The molecule has 96 valence electrons. The predicted octanol–water partition coefficient (Wildman–Crippen LogP) is 2.81. The van der Waals surface area contributed by atoms with Crippen molar-refractivity contribution < 1.29 is 13.3 Å². The quantitative estimate of drug-likeness (QED) is 0.866. The molecule has 7 heteroatoms. The lowest BCUT2D eigenvalue weighted by molar-refractivity contribution is -0.0111. The van der Waals surface area contributed by atoms with E-state index in [1.807, 2.05) is 0 Å². The lowest BCUT2D eigenvalue weighted by atomic mass is 9.93. The van der Waals surface area contributed by atoms with Crippen LogP contribution in [0.25, 0.3) is 11.5 Å². The summed E-state index contributed by atoms with van der Waals surface area (Å²) in [6.45, 7) is 1.70. The molecule has 2 aromatic heterocycles. The molecular formula is C11H11F2N3OS. The first kappa shape index (κ1) is 11.6. The van der Waals surface area contributed by atoms with Crippen LogP contribution in [0.3, 0.4) is 0 Å². The van der Waals surface area contributed by atoms with Gasteiger partial charge in [0.25, 0.3) is 11.8 Å². The molecule has 0 fully saturated rings. The fourth-order valence-corrected chi connectivity index (χ4v) is 3.39. The molecule has 2 heterocycles. The Hall–Kier alpha value is -1.50. The molecule has 0 atom stereocenters. The normalized spacial score (nSPS) is 17.7. The molecule has 2 aromatic rings. The van der Waals surface area contributed by atoms with Gasteiger partial charge in [-0.2, -0.15) is 4.98 Å². The summed E-state index contributed by atoms with van der Waals surface area (Å²) in [4.78, 5) is 4.75. The molecule has 0 bridgehead atoms. The minimum absolute atomic E-state index is 0.156. The molecule has 2 N–H and O–H groups in total. The number of halogens is 2. The van der Waals surface area contributed by atoms with Gasteiger partial charge in [0, 0.05) is 17.7 Å². The van der Waals surface area contributed by atoms with E-state index >= 15 is 0 Å². The number of thiophene rings is 1. The molecule has 0 saturated carbocycles. The third-order valence-corrected chi connectivity index (χ3v) is 4.08. The van der Waals surface area contributed by atoms with E-state index in [4.69, 9.17) is 10.3 Å². The second-order valence-electron chi connectivity index (χ2n) is 4.42. The molecule has 0 spiro atoms. The topological polar surface area (TPSA) is 64.9 Å². The van der Waals surface area contributed by atoms with Crippen LogP contribution < -0.4 is 5.73 Å². The van der Waals surface area contributed by atoms with Crippen LogP contribution in [-0.2, 0) is 12.8 Å². The van der Waals surface area contributed by atoms with E-state index in [0.29, 0.717) is 33.6 Å². The fraction of sp³-hybridized carbons (Fsp3) is 0.455. The first-order valence-electron chi connectivity index (χ1n) is 5.55. The molecule has 1 aliphatic carbocycles. The van der Waals surface area contributed by atoms with Gasteiger partial charge in [-0.05, 0) is 18.9 Å². The Morgan fingerprint density at radius 1 is 1.44 bits per heavy atom. The third-order valence-electron chi connectivity index (χ3n) is 3.02. The zero-order valence-corrected chi connectivity index (χ0v) is 10.5. The first-order chi connectivity index (χ1) is 8.46. The van der Waals surface area contributed by atoms with E-state index in [1.165, 1.54) is 11.3 Å². The van der Waals surface area contributed by atoms with Crippen molar-refractivity contribution in [3.05, 3.63) is 16.3 Å². The molecule has 0 amide bonds. The van der Waals surface area contributed by atoms with E-state index in [9.17, 15) is 8.78 Å². The highest BCUT2D eigenvalue weighted by Crippen LogP contribution is 2.45. The highest BCUT2D eigenvalue weighted by Gasteiger charge is 2.37. The van der Waals surface area contributed by atoms with Gasteiger partial charge in [-0.25, -0.2) is 8.78 Å². The lowest BCUT2D eigenvalue weighted by Crippen LogP contribution is -2.24. The number of alkyl halides is 2. The molecule has 4 nitrogen and oxygen atoms in total. The fourth-order valence-electron chi connectivity index (χ4n) is 2.20. The second kappa shape index (κ2) is 3.74. The van der Waals surface area contributed by atoms with Gasteiger partial charge in [0.1, 0.15) is 0 Å². The Morgan fingerprint density at radius 3 is 2.89 bits per heavy atom. The number of anilines is 1. The van der Waals surface area contributed by atoms with Crippen molar-refractivity contribution in [1.29, 1.82) is 0 Å². The predicted molar refractivity (Wildman–Crippen MR) is 63.7 cm³/mol. The van der Waals surface area contributed by atoms with Gasteiger partial charge in [-0.3, -0.25) is 0 Å². The highest BCUT2D eigenvalue weighted by molar-refractivity contribution is 7.16. The van der Waals surface area contributed by atoms with E-state index in [2.05, 4.69) is 10.1 Å². The number of hydrogen-bond acceptors (Lipinski definition) is 5. The number of rotatable bonds is 1. The smallest absolute Gasteiger partial charge is 0.261 e. The minimum Gasteiger partial charge on any atom is -0.390 e. The van der Waals surface area contributed by atoms with Crippen LogP contribution in [0.5, 0.6) is 0 Å². The highest BCUT2D eigenvalue weighted by atomic mass is 32.1. The van der Waals surface area contributed by atoms with Gasteiger partial charge < -0.3 is 10.3 Å². The SMILES string of the molecule is Cc1noc(-c2c(N)sc3c2CCC(F)(F)C3)n1. The van der Waals surface area contributed by atoms with Gasteiger partial charge >= 0.3 is 0 Å². The standard InChI is InChI=1S/C11H11F2N3OS/c1-5-15-10(17-16-5)8-6-2-3-11(12,13)4-7(6)18-9(8)14/h2-4,14H2,1H3. The Labute approximate surface area is 106 Å². The molecule has 0 unspecified atom stereocenters. The Balaban J connectivity index is 2.10. The van der Waals surface area contributed by atoms with Gasteiger partial charge in [0.05, 0.1) is 10.6 Å². The number of nitrogen functional groups attached to an aromatic ring is 1. The molecular weight excluding hydrogens is 260 g/mol. The van der Waals surface area contributed by atoms with Crippen LogP contribution in [0.2, 0.25) is 0 Å². The number of aromatic nitrogens is 2. The summed E-state index contributed by atoms with van der Waals surface area (Å²) in [6.07, 6.45) is -0.104. The van der Waals surface area contributed by atoms with Gasteiger partial charge in [0.2, 0.25) is 0 Å². The van der Waals surface area contributed by atoms with Crippen molar-refractivity contribution in [1.82, 2.24) is 10.1 Å². The van der Waals surface area contributed by atoms with Crippen LogP contribution >= 0.6 is 11.3 Å². The maximum Gasteiger partial charge on any atom is 0.261 e. The molecule has 0 saturated heterocycles. The van der Waals surface area contributed by atoms with Crippen LogP contribution in [0.1, 0.15) is 22.7 Å². The molecule has 1 aliphatic rings. The molecule has 0 radical (unpaired) electrons. The lowest BCUT2D eigenvalue weighted by Gasteiger charge is -2.21. The van der Waals surface area contributed by atoms with Crippen molar-refractivity contribution in [2.45, 2.75) is 32.1 Å². The van der Waals surface area contributed by atoms with Gasteiger partial charge in [0.15, 0.2) is 5.82 Å². The van der Waals surface area contributed by atoms with Crippen molar-refractivity contribution >= 4 is 16.3 Å². The monoisotopic (exact) mass is 271 g/mol. The Bertz CT molecular complexity index is 605. The van der Waals surface area contributed by atoms with Crippen LogP contribution in [0.4, 0.5) is 13.8 Å². The van der Waals surface area contributed by atoms with E-state index in [1.54, 1.807) is 6.92 Å². The number of nitrogens with zero attached hydrogens (tertiary/aromatic N) is 2. The van der Waals surface area contributed by atoms with Crippen molar-refractivity contribution in [2.24, 2.45) is 0 Å². The van der Waals surface area contributed by atoms with Crippen LogP contribution in [0, 0.1) is 6.92 Å². The summed E-state index contributed by atoms with van der Waals surface area (Å²) in [6, 6.07) is 0. The summed E-state index contributed by atoms with van der Waals surface area (Å²) in [5.74, 6) is -1.80. The summed E-state index contributed by atoms with van der Waals surface area (Å²) in [7, 11) is 0. The molecule has 0 aliphatic heterocycles. The molecule has 0 aromatic carbocycles. The van der Waals surface area contributed by atoms with Crippen molar-refractivity contribution in [2.75, 3.05) is 5.73 Å². The average molecular weight is 271 g/mol. The third kappa shape index (κ3) is 1.78. The van der Waals surface area contributed by atoms with Gasteiger partial charge in [-0.15, -0.1) is 11.3 Å². The Morgan fingerprint density at radius 2 is 2.22 bits per heavy atom. The maximum atomic E-state index is 13.3. The van der Waals surface area contributed by atoms with E-state index in [-0.39, 0.29) is 12.8 Å².